The molecule has 0 saturated carbocycles. The average Bonchev–Trinajstić information content (AvgIpc) is 2.88. The van der Waals surface area contributed by atoms with E-state index in [1.807, 2.05) is 12.1 Å². The van der Waals surface area contributed by atoms with Gasteiger partial charge in [-0.15, -0.1) is 0 Å². The molecular weight excluding hydrogens is 244 g/mol. The lowest BCUT2D eigenvalue weighted by Crippen LogP contribution is -2.15. The molecule has 0 atom stereocenters. The number of anilines is 1. The molecule has 0 aliphatic rings. The fourth-order valence-corrected chi connectivity index (χ4v) is 1.85. The van der Waals surface area contributed by atoms with Crippen LogP contribution in [0.15, 0.2) is 47.5 Å². The summed E-state index contributed by atoms with van der Waals surface area (Å²) < 4.78 is 0. The van der Waals surface area contributed by atoms with Gasteiger partial charge in [0.15, 0.2) is 0 Å². The van der Waals surface area contributed by atoms with Gasteiger partial charge in [0.1, 0.15) is 0 Å². The number of hydrogen-bond donors (Lipinski definition) is 3. The predicted octanol–water partition coefficient (Wildman–Crippen LogP) is 1.50. The van der Waals surface area contributed by atoms with E-state index in [2.05, 4.69) is 20.5 Å². The summed E-state index contributed by atoms with van der Waals surface area (Å²) in [5.41, 5.74) is 1.37. The smallest absolute Gasteiger partial charge is 0.255 e. The molecule has 6 nitrogen and oxygen atoms in total. The number of nitrogens with zero attached hydrogens (tertiary/aromatic N) is 1. The number of carbonyl (C=O) groups is 1. The third kappa shape index (κ3) is 2.11. The van der Waals surface area contributed by atoms with Crippen LogP contribution in [0.25, 0.3) is 10.9 Å². The first-order valence-electron chi connectivity index (χ1n) is 5.66. The summed E-state index contributed by atoms with van der Waals surface area (Å²) in [7, 11) is 0. The van der Waals surface area contributed by atoms with Crippen molar-refractivity contribution in [1.82, 2.24) is 15.2 Å². The van der Waals surface area contributed by atoms with Crippen LogP contribution in [-0.4, -0.2) is 21.1 Å². The van der Waals surface area contributed by atoms with E-state index in [4.69, 9.17) is 0 Å². The molecule has 0 unspecified atom stereocenters. The van der Waals surface area contributed by atoms with Crippen LogP contribution in [0, 0.1) is 0 Å². The normalized spacial score (nSPS) is 10.5. The topological polar surface area (TPSA) is 90.6 Å². The van der Waals surface area contributed by atoms with Crippen molar-refractivity contribution in [1.29, 1.82) is 0 Å². The minimum atomic E-state index is -0.340. The molecule has 0 radical (unpaired) electrons. The fourth-order valence-electron chi connectivity index (χ4n) is 1.85. The summed E-state index contributed by atoms with van der Waals surface area (Å²) in [4.78, 5) is 25.7. The molecule has 3 N–H and O–H groups in total. The van der Waals surface area contributed by atoms with Gasteiger partial charge in [0.05, 0.1) is 17.4 Å². The Morgan fingerprint density at radius 2 is 2.16 bits per heavy atom. The van der Waals surface area contributed by atoms with Crippen LogP contribution >= 0.6 is 0 Å². The zero-order chi connectivity index (χ0) is 13.2. The molecule has 94 valence electrons. The lowest BCUT2D eigenvalue weighted by Gasteiger charge is -2.05. The van der Waals surface area contributed by atoms with E-state index < -0.39 is 0 Å². The molecule has 1 amide bonds. The summed E-state index contributed by atoms with van der Waals surface area (Å²) in [5.74, 6) is -0.340. The predicted molar refractivity (Wildman–Crippen MR) is 71.1 cm³/mol. The van der Waals surface area contributed by atoms with Gasteiger partial charge in [0, 0.05) is 23.2 Å². The Morgan fingerprint density at radius 1 is 1.26 bits per heavy atom. The van der Waals surface area contributed by atoms with Crippen molar-refractivity contribution in [3.63, 3.8) is 0 Å². The third-order valence-corrected chi connectivity index (χ3v) is 2.76. The summed E-state index contributed by atoms with van der Waals surface area (Å²) >= 11 is 0. The molecule has 0 aliphatic carbocycles. The number of pyridine rings is 1. The molecule has 2 aromatic heterocycles. The van der Waals surface area contributed by atoms with E-state index in [1.54, 1.807) is 18.3 Å². The molecule has 1 aromatic carbocycles. The number of H-pyrrole nitrogens is 2. The number of aromatic amines is 2. The Morgan fingerprint density at radius 3 is 3.00 bits per heavy atom. The molecule has 2 heterocycles. The number of nitrogens with one attached hydrogen (secondary N) is 3. The van der Waals surface area contributed by atoms with Crippen LogP contribution in [0.4, 0.5) is 5.69 Å². The summed E-state index contributed by atoms with van der Waals surface area (Å²) in [6, 6.07) is 8.28. The molecule has 0 spiro atoms. The van der Waals surface area contributed by atoms with Crippen molar-refractivity contribution in [2.45, 2.75) is 0 Å². The Bertz CT molecular complexity index is 803. The van der Waals surface area contributed by atoms with Gasteiger partial charge in [-0.05, 0) is 12.1 Å². The van der Waals surface area contributed by atoms with Gasteiger partial charge < -0.3 is 10.3 Å². The van der Waals surface area contributed by atoms with Gasteiger partial charge in [-0.2, -0.15) is 5.10 Å². The molecule has 0 bridgehead atoms. The first-order valence-corrected chi connectivity index (χ1v) is 5.66. The van der Waals surface area contributed by atoms with Gasteiger partial charge in [-0.1, -0.05) is 12.1 Å². The van der Waals surface area contributed by atoms with Crippen molar-refractivity contribution in [2.75, 3.05) is 5.32 Å². The van der Waals surface area contributed by atoms with Crippen molar-refractivity contribution in [3.05, 3.63) is 58.6 Å². The van der Waals surface area contributed by atoms with E-state index >= 15 is 0 Å². The molecular formula is C13H10N4O2. The number of rotatable bonds is 2. The maximum Gasteiger partial charge on any atom is 0.255 e. The van der Waals surface area contributed by atoms with Crippen molar-refractivity contribution in [3.8, 4) is 0 Å². The molecule has 0 fully saturated rings. The van der Waals surface area contributed by atoms with E-state index in [0.29, 0.717) is 11.3 Å². The van der Waals surface area contributed by atoms with Crippen LogP contribution in [0.2, 0.25) is 0 Å². The van der Waals surface area contributed by atoms with E-state index in [0.717, 1.165) is 10.9 Å². The number of amides is 1. The van der Waals surface area contributed by atoms with Gasteiger partial charge in [0.25, 0.3) is 5.91 Å². The summed E-state index contributed by atoms with van der Waals surface area (Å²) in [6.07, 6.45) is 3.12. The zero-order valence-corrected chi connectivity index (χ0v) is 9.81. The second kappa shape index (κ2) is 4.41. The van der Waals surface area contributed by atoms with Crippen LogP contribution < -0.4 is 10.9 Å². The van der Waals surface area contributed by atoms with Crippen molar-refractivity contribution >= 4 is 22.5 Å². The van der Waals surface area contributed by atoms with Crippen molar-refractivity contribution < 1.29 is 4.79 Å². The fraction of sp³-hybridized carbons (Fsp3) is 0. The Hall–Kier alpha value is -2.89. The minimum absolute atomic E-state index is 0.306. The standard InChI is InChI=1S/C13H10N4O2/c18-11-6-8(4-5-14-11)13(19)16-10-3-1-2-9-7-15-17-12(9)10/h1-7H,(H,14,18)(H,15,17)(H,16,19). The van der Waals surface area contributed by atoms with Crippen molar-refractivity contribution in [2.24, 2.45) is 0 Å². The molecule has 0 saturated heterocycles. The molecule has 6 heteroatoms. The first kappa shape index (κ1) is 11.2. The van der Waals surface area contributed by atoms with Crippen LogP contribution in [-0.2, 0) is 0 Å². The molecule has 3 rings (SSSR count). The SMILES string of the molecule is O=C(Nc1cccc2cn[nH]c12)c1cc[nH]c(=O)c1. The molecule has 0 aliphatic heterocycles. The number of carbonyl (C=O) groups excluding carboxylic acids is 1. The van der Waals surface area contributed by atoms with Crippen LogP contribution in [0.1, 0.15) is 10.4 Å². The van der Waals surface area contributed by atoms with Gasteiger partial charge in [-0.25, -0.2) is 0 Å². The van der Waals surface area contributed by atoms with Crippen LogP contribution in [0.3, 0.4) is 0 Å². The summed E-state index contributed by atoms with van der Waals surface area (Å²) in [5, 5.41) is 10.4. The minimum Gasteiger partial charge on any atom is -0.329 e. The lowest BCUT2D eigenvalue weighted by atomic mass is 10.2. The first-order chi connectivity index (χ1) is 9.24. The highest BCUT2D eigenvalue weighted by atomic mass is 16.2. The van der Waals surface area contributed by atoms with Gasteiger partial charge >= 0.3 is 0 Å². The quantitative estimate of drug-likeness (QED) is 0.647. The second-order valence-electron chi connectivity index (χ2n) is 4.04. The largest absolute Gasteiger partial charge is 0.329 e. The summed E-state index contributed by atoms with van der Waals surface area (Å²) in [6.45, 7) is 0. The Labute approximate surface area is 107 Å². The zero-order valence-electron chi connectivity index (χ0n) is 9.81. The number of para-hydroxylation sites is 1. The third-order valence-electron chi connectivity index (χ3n) is 2.76. The lowest BCUT2D eigenvalue weighted by molar-refractivity contribution is 0.102. The number of aromatic nitrogens is 3. The Kier molecular flexibility index (Phi) is 2.60. The van der Waals surface area contributed by atoms with Crippen LogP contribution in [0.5, 0.6) is 0 Å². The van der Waals surface area contributed by atoms with Gasteiger partial charge in [0.2, 0.25) is 5.56 Å². The van der Waals surface area contributed by atoms with E-state index in [9.17, 15) is 9.59 Å². The number of fused-ring (bicyclic) bond motifs is 1. The highest BCUT2D eigenvalue weighted by molar-refractivity contribution is 6.08. The number of benzene rings is 1. The maximum absolute atomic E-state index is 12.0. The van der Waals surface area contributed by atoms with E-state index in [1.165, 1.54) is 12.3 Å². The Balaban J connectivity index is 1.95. The average molecular weight is 254 g/mol. The van der Waals surface area contributed by atoms with Gasteiger partial charge in [-0.3, -0.25) is 14.7 Å². The second-order valence-corrected chi connectivity index (χ2v) is 4.04. The molecule has 3 aromatic rings. The highest BCUT2D eigenvalue weighted by Gasteiger charge is 2.09. The van der Waals surface area contributed by atoms with E-state index in [-0.39, 0.29) is 11.5 Å². The highest BCUT2D eigenvalue weighted by Crippen LogP contribution is 2.20. The molecule has 19 heavy (non-hydrogen) atoms. The monoisotopic (exact) mass is 254 g/mol. The maximum atomic E-state index is 12.0. The number of hydrogen-bond acceptors (Lipinski definition) is 3.